The zero-order valence-corrected chi connectivity index (χ0v) is 12.4. The largest absolute Gasteiger partial charge is 0.464 e. The molecule has 2 N–H and O–H groups in total. The first-order valence-corrected chi connectivity index (χ1v) is 6.18. The van der Waals surface area contributed by atoms with Crippen LogP contribution in [0.3, 0.4) is 0 Å². The lowest BCUT2D eigenvalue weighted by atomic mass is 10.1. The number of amides is 1. The molecule has 20 heavy (non-hydrogen) atoms. The van der Waals surface area contributed by atoms with E-state index in [-0.39, 0.29) is 18.3 Å². The molecule has 1 aromatic heterocycles. The van der Waals surface area contributed by atoms with E-state index in [9.17, 15) is 4.79 Å². The van der Waals surface area contributed by atoms with Crippen LogP contribution in [0.4, 0.5) is 5.69 Å². The number of anilines is 1. The van der Waals surface area contributed by atoms with E-state index >= 15 is 0 Å². The number of rotatable bonds is 4. The van der Waals surface area contributed by atoms with Gasteiger partial charge in [0.05, 0.1) is 13.0 Å². The molecule has 0 saturated heterocycles. The van der Waals surface area contributed by atoms with E-state index in [2.05, 4.69) is 0 Å². The number of hydrogen-bond donors (Lipinski definition) is 1. The van der Waals surface area contributed by atoms with Crippen LogP contribution < -0.4 is 5.73 Å². The number of nitrogens with two attached hydrogens (primary N) is 1. The highest BCUT2D eigenvalue weighted by Crippen LogP contribution is 2.11. The van der Waals surface area contributed by atoms with Gasteiger partial charge in [0.1, 0.15) is 11.5 Å². The van der Waals surface area contributed by atoms with Gasteiger partial charge in [-0.25, -0.2) is 0 Å². The zero-order valence-electron chi connectivity index (χ0n) is 11.6. The Hall–Kier alpha value is -1.94. The highest BCUT2D eigenvalue weighted by molar-refractivity contribution is 5.85. The molecule has 0 saturated carbocycles. The molecule has 0 unspecified atom stereocenters. The SMILES string of the molecule is Cc1ccc(CN(C)C(=O)Cc2ccc(N)cc2)o1.Cl. The van der Waals surface area contributed by atoms with Gasteiger partial charge in [-0.1, -0.05) is 12.1 Å². The minimum atomic E-state index is 0. The Kier molecular flexibility index (Phi) is 5.65. The fourth-order valence-corrected chi connectivity index (χ4v) is 1.84. The maximum atomic E-state index is 12.1. The van der Waals surface area contributed by atoms with Gasteiger partial charge < -0.3 is 15.1 Å². The Bertz CT molecular complexity index is 564. The van der Waals surface area contributed by atoms with Crippen LogP contribution in [0.2, 0.25) is 0 Å². The molecule has 1 aromatic carbocycles. The lowest BCUT2D eigenvalue weighted by Gasteiger charge is -2.15. The summed E-state index contributed by atoms with van der Waals surface area (Å²) < 4.78 is 5.46. The van der Waals surface area contributed by atoms with Crippen molar-refractivity contribution in [1.82, 2.24) is 4.90 Å². The number of aryl methyl sites for hydroxylation is 1. The number of furan rings is 1. The van der Waals surface area contributed by atoms with E-state index in [0.29, 0.717) is 18.7 Å². The summed E-state index contributed by atoms with van der Waals surface area (Å²) in [5, 5.41) is 0. The second-order valence-electron chi connectivity index (χ2n) is 4.68. The van der Waals surface area contributed by atoms with E-state index in [1.54, 1.807) is 24.1 Å². The molecular weight excluding hydrogens is 276 g/mol. The summed E-state index contributed by atoms with van der Waals surface area (Å²) in [6, 6.07) is 11.1. The quantitative estimate of drug-likeness (QED) is 0.882. The van der Waals surface area contributed by atoms with Gasteiger partial charge in [-0.05, 0) is 36.8 Å². The number of benzene rings is 1. The normalized spacial score (nSPS) is 9.90. The van der Waals surface area contributed by atoms with Crippen molar-refractivity contribution < 1.29 is 9.21 Å². The standard InChI is InChI=1S/C15H18N2O2.ClH/c1-11-3-8-14(19-11)10-17(2)15(18)9-12-4-6-13(16)7-5-12;/h3-8H,9-10,16H2,1-2H3;1H. The number of carbonyl (C=O) groups excluding carboxylic acids is 1. The number of nitrogen functional groups attached to an aromatic ring is 1. The first kappa shape index (κ1) is 16.1. The minimum absolute atomic E-state index is 0. The molecule has 2 rings (SSSR count). The van der Waals surface area contributed by atoms with Crippen molar-refractivity contribution in [2.45, 2.75) is 19.9 Å². The van der Waals surface area contributed by atoms with Crippen LogP contribution >= 0.6 is 12.4 Å². The monoisotopic (exact) mass is 294 g/mol. The van der Waals surface area contributed by atoms with Gasteiger partial charge in [0.15, 0.2) is 0 Å². The van der Waals surface area contributed by atoms with Crippen LogP contribution in [0.5, 0.6) is 0 Å². The number of nitrogens with zero attached hydrogens (tertiary/aromatic N) is 1. The molecule has 0 aliphatic carbocycles. The van der Waals surface area contributed by atoms with Crippen LogP contribution in [0, 0.1) is 6.92 Å². The highest BCUT2D eigenvalue weighted by atomic mass is 35.5. The van der Waals surface area contributed by atoms with Crippen molar-refractivity contribution in [1.29, 1.82) is 0 Å². The Morgan fingerprint density at radius 3 is 2.40 bits per heavy atom. The van der Waals surface area contributed by atoms with Gasteiger partial charge in [-0.15, -0.1) is 12.4 Å². The number of likely N-dealkylation sites (N-methyl/N-ethyl adjacent to an activating group) is 1. The molecule has 0 spiro atoms. The molecule has 0 fully saturated rings. The molecule has 4 nitrogen and oxygen atoms in total. The zero-order chi connectivity index (χ0) is 13.8. The van der Waals surface area contributed by atoms with Gasteiger partial charge in [-0.3, -0.25) is 4.79 Å². The van der Waals surface area contributed by atoms with Crippen molar-refractivity contribution >= 4 is 24.0 Å². The Balaban J connectivity index is 0.00000200. The highest BCUT2D eigenvalue weighted by Gasteiger charge is 2.11. The average Bonchev–Trinajstić information content (AvgIpc) is 2.77. The van der Waals surface area contributed by atoms with Gasteiger partial charge in [-0.2, -0.15) is 0 Å². The average molecular weight is 295 g/mol. The molecule has 0 aliphatic rings. The Labute approximate surface area is 125 Å². The molecule has 5 heteroatoms. The molecule has 0 atom stereocenters. The Morgan fingerprint density at radius 1 is 1.20 bits per heavy atom. The smallest absolute Gasteiger partial charge is 0.227 e. The third-order valence-electron chi connectivity index (χ3n) is 2.95. The van der Waals surface area contributed by atoms with Crippen LogP contribution in [0.15, 0.2) is 40.8 Å². The van der Waals surface area contributed by atoms with Crippen molar-refractivity contribution in [3.8, 4) is 0 Å². The molecule has 1 heterocycles. The molecule has 1 amide bonds. The number of halogens is 1. The Morgan fingerprint density at radius 2 is 1.85 bits per heavy atom. The van der Waals surface area contributed by atoms with E-state index in [4.69, 9.17) is 10.2 Å². The summed E-state index contributed by atoms with van der Waals surface area (Å²) in [5.74, 6) is 1.71. The first-order chi connectivity index (χ1) is 9.04. The van der Waals surface area contributed by atoms with Gasteiger partial charge in [0.25, 0.3) is 0 Å². The lowest BCUT2D eigenvalue weighted by molar-refractivity contribution is -0.129. The third kappa shape index (κ3) is 4.31. The second kappa shape index (κ2) is 7.01. The third-order valence-corrected chi connectivity index (χ3v) is 2.95. The summed E-state index contributed by atoms with van der Waals surface area (Å²) >= 11 is 0. The molecule has 0 bridgehead atoms. The topological polar surface area (TPSA) is 59.5 Å². The van der Waals surface area contributed by atoms with Gasteiger partial charge >= 0.3 is 0 Å². The van der Waals surface area contributed by atoms with Gasteiger partial charge in [0, 0.05) is 12.7 Å². The van der Waals surface area contributed by atoms with Crippen LogP contribution in [0.1, 0.15) is 17.1 Å². The maximum absolute atomic E-state index is 12.1. The number of carbonyl (C=O) groups is 1. The van der Waals surface area contributed by atoms with Crippen molar-refractivity contribution in [2.75, 3.05) is 12.8 Å². The van der Waals surface area contributed by atoms with Crippen molar-refractivity contribution in [2.24, 2.45) is 0 Å². The van der Waals surface area contributed by atoms with Crippen molar-refractivity contribution in [3.63, 3.8) is 0 Å². The lowest BCUT2D eigenvalue weighted by Crippen LogP contribution is -2.27. The maximum Gasteiger partial charge on any atom is 0.227 e. The first-order valence-electron chi connectivity index (χ1n) is 6.18. The van der Waals surface area contributed by atoms with E-state index in [1.807, 2.05) is 31.2 Å². The summed E-state index contributed by atoms with van der Waals surface area (Å²) in [6.45, 7) is 2.38. The second-order valence-corrected chi connectivity index (χ2v) is 4.68. The predicted octanol–water partition coefficient (Wildman–Crippen LogP) is 2.79. The fraction of sp³-hybridized carbons (Fsp3) is 0.267. The van der Waals surface area contributed by atoms with Crippen molar-refractivity contribution in [3.05, 3.63) is 53.5 Å². The predicted molar refractivity (Wildman–Crippen MR) is 81.7 cm³/mol. The summed E-state index contributed by atoms with van der Waals surface area (Å²) in [5.41, 5.74) is 7.28. The summed E-state index contributed by atoms with van der Waals surface area (Å²) in [6.07, 6.45) is 0.371. The van der Waals surface area contributed by atoms with Crippen LogP contribution in [-0.2, 0) is 17.8 Å². The van der Waals surface area contributed by atoms with Crippen LogP contribution in [0.25, 0.3) is 0 Å². The van der Waals surface area contributed by atoms with E-state index in [0.717, 1.165) is 17.1 Å². The summed E-state index contributed by atoms with van der Waals surface area (Å²) in [4.78, 5) is 13.7. The fourth-order valence-electron chi connectivity index (χ4n) is 1.84. The van der Waals surface area contributed by atoms with E-state index < -0.39 is 0 Å². The number of hydrogen-bond acceptors (Lipinski definition) is 3. The molecular formula is C15H19ClN2O2. The van der Waals surface area contributed by atoms with Gasteiger partial charge in [0.2, 0.25) is 5.91 Å². The summed E-state index contributed by atoms with van der Waals surface area (Å²) in [7, 11) is 1.78. The van der Waals surface area contributed by atoms with Crippen LogP contribution in [-0.4, -0.2) is 17.9 Å². The molecule has 2 aromatic rings. The van der Waals surface area contributed by atoms with E-state index in [1.165, 1.54) is 0 Å². The molecule has 0 aliphatic heterocycles. The molecule has 0 radical (unpaired) electrons. The minimum Gasteiger partial charge on any atom is -0.464 e. The molecule has 108 valence electrons.